The Morgan fingerprint density at radius 2 is 1.94 bits per heavy atom. The topological polar surface area (TPSA) is 52.0 Å². The molecule has 1 aromatic carbocycles. The van der Waals surface area contributed by atoms with Gasteiger partial charge in [0.1, 0.15) is 0 Å². The van der Waals surface area contributed by atoms with Gasteiger partial charge in [-0.3, -0.25) is 0 Å². The van der Waals surface area contributed by atoms with Crippen LogP contribution >= 0.6 is 0 Å². The maximum absolute atomic E-state index is 12.3. The number of anilines is 1. The molecule has 0 atom stereocenters. The molecule has 0 bridgehead atoms. The van der Waals surface area contributed by atoms with Gasteiger partial charge in [-0.05, 0) is 30.7 Å². The van der Waals surface area contributed by atoms with E-state index in [1.165, 1.54) is 6.07 Å². The van der Waals surface area contributed by atoms with E-state index in [1.54, 1.807) is 12.2 Å². The Balaban J connectivity index is 2.92. The fourth-order valence-corrected chi connectivity index (χ4v) is 1.21. The van der Waals surface area contributed by atoms with Crippen molar-refractivity contribution < 1.29 is 13.2 Å². The van der Waals surface area contributed by atoms with E-state index < -0.39 is 11.7 Å². The second kappa shape index (κ2) is 5.03. The monoisotopic (exact) mass is 230 g/mol. The third-order valence-electron chi connectivity index (χ3n) is 2.04. The van der Waals surface area contributed by atoms with Crippen LogP contribution in [0.25, 0.3) is 6.08 Å². The Labute approximate surface area is 91.7 Å². The summed E-state index contributed by atoms with van der Waals surface area (Å²) >= 11 is 0. The molecular weight excluding hydrogens is 217 g/mol. The molecule has 4 N–H and O–H groups in total. The lowest BCUT2D eigenvalue weighted by atomic mass is 10.1. The number of halogens is 3. The molecule has 16 heavy (non-hydrogen) atoms. The fraction of sp³-hybridized carbons (Fsp3) is 0.273. The highest BCUT2D eigenvalue weighted by Gasteiger charge is 2.30. The quantitative estimate of drug-likeness (QED) is 0.784. The van der Waals surface area contributed by atoms with Crippen molar-refractivity contribution in [3.05, 3.63) is 35.4 Å². The second-order valence-corrected chi connectivity index (χ2v) is 3.32. The molecular formula is C11H13F3N2. The SMILES string of the molecule is NCCC=Cc1ccc(C(F)(F)F)cc1N. The van der Waals surface area contributed by atoms with Crippen molar-refractivity contribution in [2.75, 3.05) is 12.3 Å². The summed E-state index contributed by atoms with van der Waals surface area (Å²) in [6.45, 7) is 0.497. The van der Waals surface area contributed by atoms with Crippen LogP contribution in [-0.2, 0) is 6.18 Å². The number of nitrogen functional groups attached to an aromatic ring is 1. The van der Waals surface area contributed by atoms with E-state index in [0.717, 1.165) is 12.1 Å². The molecule has 5 heteroatoms. The van der Waals surface area contributed by atoms with Crippen LogP contribution in [0.4, 0.5) is 18.9 Å². The van der Waals surface area contributed by atoms with Gasteiger partial charge in [0.25, 0.3) is 0 Å². The van der Waals surface area contributed by atoms with E-state index in [-0.39, 0.29) is 5.69 Å². The Kier molecular flexibility index (Phi) is 3.95. The molecule has 0 saturated heterocycles. The Hall–Kier alpha value is -1.49. The van der Waals surface area contributed by atoms with Crippen molar-refractivity contribution >= 4 is 11.8 Å². The van der Waals surface area contributed by atoms with Crippen LogP contribution in [0.1, 0.15) is 17.5 Å². The van der Waals surface area contributed by atoms with Crippen molar-refractivity contribution in [1.82, 2.24) is 0 Å². The molecule has 0 unspecified atom stereocenters. The molecule has 0 amide bonds. The summed E-state index contributed by atoms with van der Waals surface area (Å²) in [5, 5.41) is 0. The summed E-state index contributed by atoms with van der Waals surface area (Å²) in [6.07, 6.45) is -0.241. The van der Waals surface area contributed by atoms with Crippen LogP contribution in [0.5, 0.6) is 0 Å². The van der Waals surface area contributed by atoms with Crippen molar-refractivity contribution in [1.29, 1.82) is 0 Å². The third-order valence-corrected chi connectivity index (χ3v) is 2.04. The molecule has 0 aliphatic carbocycles. The van der Waals surface area contributed by atoms with Crippen LogP contribution < -0.4 is 11.5 Å². The predicted molar refractivity (Wildman–Crippen MR) is 58.6 cm³/mol. The molecule has 0 aliphatic rings. The lowest BCUT2D eigenvalue weighted by Gasteiger charge is -2.08. The van der Waals surface area contributed by atoms with Gasteiger partial charge in [0, 0.05) is 5.69 Å². The molecule has 0 aliphatic heterocycles. The van der Waals surface area contributed by atoms with Crippen LogP contribution in [0, 0.1) is 0 Å². The first-order valence-corrected chi connectivity index (χ1v) is 4.78. The average Bonchev–Trinajstić information content (AvgIpc) is 2.19. The molecule has 0 radical (unpaired) electrons. The van der Waals surface area contributed by atoms with Crippen LogP contribution in [0.15, 0.2) is 24.3 Å². The van der Waals surface area contributed by atoms with Gasteiger partial charge in [0.05, 0.1) is 5.56 Å². The molecule has 88 valence electrons. The van der Waals surface area contributed by atoms with Crippen molar-refractivity contribution in [3.63, 3.8) is 0 Å². The Morgan fingerprint density at radius 3 is 2.44 bits per heavy atom. The first kappa shape index (κ1) is 12.6. The molecule has 0 fully saturated rings. The number of hydrogen-bond donors (Lipinski definition) is 2. The first-order chi connectivity index (χ1) is 7.45. The Morgan fingerprint density at radius 1 is 1.25 bits per heavy atom. The highest BCUT2D eigenvalue weighted by molar-refractivity contribution is 5.65. The minimum absolute atomic E-state index is 0.114. The van der Waals surface area contributed by atoms with E-state index in [0.29, 0.717) is 18.5 Å². The first-order valence-electron chi connectivity index (χ1n) is 4.78. The maximum atomic E-state index is 12.3. The zero-order chi connectivity index (χ0) is 12.2. The summed E-state index contributed by atoms with van der Waals surface area (Å²) in [6, 6.07) is 3.30. The Bertz CT molecular complexity index is 383. The lowest BCUT2D eigenvalue weighted by molar-refractivity contribution is -0.137. The van der Waals surface area contributed by atoms with E-state index in [9.17, 15) is 13.2 Å². The minimum Gasteiger partial charge on any atom is -0.398 e. The summed E-state index contributed by atoms with van der Waals surface area (Å²) in [5.41, 5.74) is 10.7. The van der Waals surface area contributed by atoms with E-state index in [1.807, 2.05) is 0 Å². The van der Waals surface area contributed by atoms with Gasteiger partial charge < -0.3 is 11.5 Å². The number of rotatable bonds is 3. The van der Waals surface area contributed by atoms with Gasteiger partial charge >= 0.3 is 6.18 Å². The molecule has 0 spiro atoms. The van der Waals surface area contributed by atoms with E-state index in [2.05, 4.69) is 0 Å². The highest BCUT2D eigenvalue weighted by atomic mass is 19.4. The van der Waals surface area contributed by atoms with Crippen molar-refractivity contribution in [2.45, 2.75) is 12.6 Å². The average molecular weight is 230 g/mol. The number of nitrogens with two attached hydrogens (primary N) is 2. The maximum Gasteiger partial charge on any atom is 0.416 e. The summed E-state index contributed by atoms with van der Waals surface area (Å²) in [4.78, 5) is 0. The summed E-state index contributed by atoms with van der Waals surface area (Å²) in [7, 11) is 0. The van der Waals surface area contributed by atoms with Gasteiger partial charge in [0.15, 0.2) is 0 Å². The molecule has 0 saturated carbocycles. The largest absolute Gasteiger partial charge is 0.416 e. The smallest absolute Gasteiger partial charge is 0.398 e. The minimum atomic E-state index is -4.35. The number of benzene rings is 1. The van der Waals surface area contributed by atoms with Crippen molar-refractivity contribution in [2.24, 2.45) is 5.73 Å². The number of hydrogen-bond acceptors (Lipinski definition) is 2. The van der Waals surface area contributed by atoms with Crippen LogP contribution in [-0.4, -0.2) is 6.54 Å². The van der Waals surface area contributed by atoms with E-state index in [4.69, 9.17) is 11.5 Å². The van der Waals surface area contributed by atoms with Gasteiger partial charge in [-0.15, -0.1) is 0 Å². The molecule has 2 nitrogen and oxygen atoms in total. The zero-order valence-electron chi connectivity index (χ0n) is 8.59. The van der Waals surface area contributed by atoms with Gasteiger partial charge in [-0.1, -0.05) is 18.2 Å². The summed E-state index contributed by atoms with van der Waals surface area (Å²) < 4.78 is 36.9. The number of alkyl halides is 3. The highest BCUT2D eigenvalue weighted by Crippen LogP contribution is 2.31. The molecule has 0 aromatic heterocycles. The summed E-state index contributed by atoms with van der Waals surface area (Å²) in [5.74, 6) is 0. The normalized spacial score (nSPS) is 12.2. The standard InChI is InChI=1S/C11H13F3N2/c12-11(13,14)9-5-4-8(10(16)7-9)3-1-2-6-15/h1,3-5,7H,2,6,15-16H2. The van der Waals surface area contributed by atoms with Crippen LogP contribution in [0.3, 0.4) is 0 Å². The van der Waals surface area contributed by atoms with Crippen LogP contribution in [0.2, 0.25) is 0 Å². The zero-order valence-corrected chi connectivity index (χ0v) is 8.59. The molecule has 1 aromatic rings. The predicted octanol–water partition coefficient (Wildman–Crippen LogP) is 2.65. The van der Waals surface area contributed by atoms with Gasteiger partial charge in [-0.2, -0.15) is 13.2 Å². The second-order valence-electron chi connectivity index (χ2n) is 3.32. The third kappa shape index (κ3) is 3.27. The fourth-order valence-electron chi connectivity index (χ4n) is 1.21. The van der Waals surface area contributed by atoms with Gasteiger partial charge in [0.2, 0.25) is 0 Å². The van der Waals surface area contributed by atoms with Crippen molar-refractivity contribution in [3.8, 4) is 0 Å². The molecule has 1 rings (SSSR count). The van der Waals surface area contributed by atoms with Gasteiger partial charge in [-0.25, -0.2) is 0 Å². The molecule has 0 heterocycles. The van der Waals surface area contributed by atoms with E-state index >= 15 is 0 Å². The lowest BCUT2D eigenvalue weighted by Crippen LogP contribution is -2.06.